The van der Waals surface area contributed by atoms with Crippen LogP contribution >= 0.6 is 0 Å². The molecule has 0 aromatic carbocycles. The predicted molar refractivity (Wildman–Crippen MR) is 44.3 cm³/mol. The first kappa shape index (κ1) is 13.5. The van der Waals surface area contributed by atoms with E-state index < -0.39 is 18.9 Å². The molecule has 0 aromatic rings. The largest absolute Gasteiger partial charge is 1.00 e. The summed E-state index contributed by atoms with van der Waals surface area (Å²) in [7, 11) is 0. The Morgan fingerprint density at radius 1 is 1.07 bits per heavy atom. The zero-order chi connectivity index (χ0) is 9.64. The van der Waals surface area contributed by atoms with Crippen LogP contribution in [0.3, 0.4) is 0 Å². The zero-order valence-electron chi connectivity index (χ0n) is 8.30. The van der Waals surface area contributed by atoms with Crippen molar-refractivity contribution in [1.82, 2.24) is 0 Å². The van der Waals surface area contributed by atoms with Crippen LogP contribution in [0.5, 0.6) is 0 Å². The predicted octanol–water partition coefficient (Wildman–Crippen LogP) is -0.611. The average Bonchev–Trinajstić information content (AvgIpc) is 2.58. The van der Waals surface area contributed by atoms with E-state index in [0.717, 1.165) is 12.8 Å². The second-order valence-corrected chi connectivity index (χ2v) is 4.44. The molecule has 0 aliphatic heterocycles. The average molecular weight is 232 g/mol. The van der Waals surface area contributed by atoms with E-state index >= 15 is 0 Å². The Labute approximate surface area is 124 Å². The molecule has 0 bridgehead atoms. The van der Waals surface area contributed by atoms with Crippen molar-refractivity contribution in [3.8, 4) is 0 Å². The van der Waals surface area contributed by atoms with E-state index in [1.165, 1.54) is 0 Å². The summed E-state index contributed by atoms with van der Waals surface area (Å²) in [6.07, 6.45) is 1.89. The van der Waals surface area contributed by atoms with E-state index in [0.29, 0.717) is 5.92 Å². The molecular weight excluding hydrogens is 219 g/mol. The Balaban J connectivity index is 0.000000980. The Kier molecular flexibility index (Phi) is 4.59. The minimum absolute atomic E-state index is 0. The summed E-state index contributed by atoms with van der Waals surface area (Å²) in [5.41, 5.74) is 0. The number of hydrogen-bond donors (Lipinski definition) is 1. The molecule has 0 heterocycles. The third-order valence-corrected chi connectivity index (χ3v) is 3.33. The molecule has 2 aliphatic rings. The van der Waals surface area contributed by atoms with Crippen molar-refractivity contribution in [2.75, 3.05) is 0 Å². The van der Waals surface area contributed by atoms with Gasteiger partial charge in [0.2, 0.25) is 0 Å². The normalized spacial score (nSPS) is 34.3. The Morgan fingerprint density at radius 2 is 1.57 bits per heavy atom. The summed E-state index contributed by atoms with van der Waals surface area (Å²) in [5.74, 6) is -0.842. The fourth-order valence-electron chi connectivity index (χ4n) is 2.12. The molecule has 0 saturated heterocycles. The Bertz CT molecular complexity index is 201. The van der Waals surface area contributed by atoms with Gasteiger partial charge in [-0.05, 0) is 24.7 Å². The SMILES string of the molecule is OC(C1CC1)C1CC([B-](F)(F)F)C1.[K+]. The number of aliphatic hydroxyl groups excluding tert-OH is 1. The van der Waals surface area contributed by atoms with Crippen molar-refractivity contribution >= 4 is 6.98 Å². The van der Waals surface area contributed by atoms with Crippen LogP contribution in [0.25, 0.3) is 0 Å². The molecule has 2 rings (SSSR count). The first-order valence-electron chi connectivity index (χ1n) is 4.86. The molecule has 0 radical (unpaired) electrons. The van der Waals surface area contributed by atoms with Gasteiger partial charge in [0.15, 0.2) is 0 Å². The first-order chi connectivity index (χ1) is 5.98. The minimum atomic E-state index is -4.65. The molecule has 1 atom stereocenters. The molecule has 14 heavy (non-hydrogen) atoms. The van der Waals surface area contributed by atoms with E-state index in [9.17, 15) is 18.1 Å². The van der Waals surface area contributed by atoms with Gasteiger partial charge in [-0.15, -0.1) is 0 Å². The van der Waals surface area contributed by atoms with Crippen LogP contribution in [0.15, 0.2) is 0 Å². The van der Waals surface area contributed by atoms with Gasteiger partial charge >= 0.3 is 58.4 Å². The topological polar surface area (TPSA) is 20.2 Å². The summed E-state index contributed by atoms with van der Waals surface area (Å²) >= 11 is 0. The van der Waals surface area contributed by atoms with Gasteiger partial charge in [-0.3, -0.25) is 0 Å². The molecule has 76 valence electrons. The molecule has 6 heteroatoms. The molecule has 2 aliphatic carbocycles. The number of hydrogen-bond acceptors (Lipinski definition) is 1. The fourth-order valence-corrected chi connectivity index (χ4v) is 2.12. The van der Waals surface area contributed by atoms with E-state index in [1.807, 2.05) is 0 Å². The molecule has 2 saturated carbocycles. The van der Waals surface area contributed by atoms with E-state index in [2.05, 4.69) is 0 Å². The number of halogens is 3. The van der Waals surface area contributed by atoms with Crippen LogP contribution in [0.4, 0.5) is 12.9 Å². The maximum absolute atomic E-state index is 12.1. The van der Waals surface area contributed by atoms with Gasteiger partial charge in [0, 0.05) is 0 Å². The Morgan fingerprint density at radius 3 is 1.93 bits per heavy atom. The second kappa shape index (κ2) is 4.75. The second-order valence-electron chi connectivity index (χ2n) is 4.44. The fraction of sp³-hybridized carbons (Fsp3) is 1.00. The van der Waals surface area contributed by atoms with Crippen LogP contribution in [-0.2, 0) is 0 Å². The number of rotatable bonds is 3. The molecule has 0 spiro atoms. The van der Waals surface area contributed by atoms with Gasteiger partial charge in [-0.25, -0.2) is 0 Å². The van der Waals surface area contributed by atoms with Gasteiger partial charge < -0.3 is 18.1 Å². The number of aliphatic hydroxyl groups is 1. The van der Waals surface area contributed by atoms with Crippen molar-refractivity contribution in [3.63, 3.8) is 0 Å². The first-order valence-corrected chi connectivity index (χ1v) is 4.86. The Hall–Kier alpha value is 1.45. The molecule has 1 nitrogen and oxygen atoms in total. The summed E-state index contributed by atoms with van der Waals surface area (Å²) < 4.78 is 36.4. The van der Waals surface area contributed by atoms with Crippen LogP contribution in [0.1, 0.15) is 25.7 Å². The standard InChI is InChI=1S/C8H13BF3O.K/c10-9(11,12)7-3-6(4-7)8(13)5-1-2-5;/h5-8,13H,1-4H2;/q-1;+1. The van der Waals surface area contributed by atoms with E-state index in [4.69, 9.17) is 0 Å². The smallest absolute Gasteiger partial charge is 0.449 e. The van der Waals surface area contributed by atoms with Crippen LogP contribution in [-0.4, -0.2) is 18.2 Å². The van der Waals surface area contributed by atoms with Crippen LogP contribution < -0.4 is 51.4 Å². The van der Waals surface area contributed by atoms with Gasteiger partial charge in [-0.1, -0.05) is 18.7 Å². The molecule has 0 aromatic heterocycles. The minimum Gasteiger partial charge on any atom is -0.449 e. The van der Waals surface area contributed by atoms with Gasteiger partial charge in [-0.2, -0.15) is 0 Å². The molecule has 2 fully saturated rings. The zero-order valence-corrected chi connectivity index (χ0v) is 11.4. The van der Waals surface area contributed by atoms with Gasteiger partial charge in [0.05, 0.1) is 6.10 Å². The van der Waals surface area contributed by atoms with E-state index in [1.54, 1.807) is 0 Å². The molecule has 1 unspecified atom stereocenters. The van der Waals surface area contributed by atoms with Crippen molar-refractivity contribution < 1.29 is 69.4 Å². The van der Waals surface area contributed by atoms with E-state index in [-0.39, 0.29) is 70.1 Å². The maximum Gasteiger partial charge on any atom is 1.00 e. The quantitative estimate of drug-likeness (QED) is 0.643. The van der Waals surface area contributed by atoms with Gasteiger partial charge in [0.25, 0.3) is 0 Å². The molecular formula is C8H13BF3KO. The third-order valence-electron chi connectivity index (χ3n) is 3.33. The van der Waals surface area contributed by atoms with Crippen molar-refractivity contribution in [1.29, 1.82) is 0 Å². The van der Waals surface area contributed by atoms with Crippen molar-refractivity contribution in [3.05, 3.63) is 0 Å². The molecule has 1 N–H and O–H groups in total. The summed E-state index contributed by atoms with van der Waals surface area (Å²) in [6, 6.07) is 0. The maximum atomic E-state index is 12.1. The monoisotopic (exact) mass is 232 g/mol. The van der Waals surface area contributed by atoms with Crippen LogP contribution in [0.2, 0.25) is 5.82 Å². The summed E-state index contributed by atoms with van der Waals surface area (Å²) in [4.78, 5) is 0. The summed E-state index contributed by atoms with van der Waals surface area (Å²) in [5, 5.41) is 9.53. The summed E-state index contributed by atoms with van der Waals surface area (Å²) in [6.45, 7) is -4.65. The van der Waals surface area contributed by atoms with Crippen LogP contribution in [0, 0.1) is 11.8 Å². The van der Waals surface area contributed by atoms with Gasteiger partial charge in [0.1, 0.15) is 0 Å². The molecule has 0 amide bonds. The van der Waals surface area contributed by atoms with Crippen molar-refractivity contribution in [2.45, 2.75) is 37.6 Å². The van der Waals surface area contributed by atoms with Crippen molar-refractivity contribution in [2.24, 2.45) is 11.8 Å². The third kappa shape index (κ3) is 2.98.